The normalized spacial score (nSPS) is 12.4. The van der Waals surface area contributed by atoms with Gasteiger partial charge in [-0.2, -0.15) is 18.3 Å². The van der Waals surface area contributed by atoms with Crippen molar-refractivity contribution in [3.05, 3.63) is 45.6 Å². The van der Waals surface area contributed by atoms with Crippen molar-refractivity contribution < 1.29 is 22.7 Å². The van der Waals surface area contributed by atoms with Gasteiger partial charge in [0.2, 0.25) is 5.88 Å². The number of hydrogen-bond donors (Lipinski definition) is 0. The van der Waals surface area contributed by atoms with Crippen LogP contribution in [0.4, 0.5) is 13.2 Å². The van der Waals surface area contributed by atoms with E-state index in [2.05, 4.69) is 10.3 Å². The first-order valence-corrected chi connectivity index (χ1v) is 7.85. The van der Waals surface area contributed by atoms with Crippen LogP contribution in [0.1, 0.15) is 18.2 Å². The van der Waals surface area contributed by atoms with Crippen molar-refractivity contribution in [2.75, 3.05) is 13.2 Å². The van der Waals surface area contributed by atoms with Crippen molar-refractivity contribution in [2.24, 2.45) is 12.2 Å². The van der Waals surface area contributed by atoms with Gasteiger partial charge < -0.3 is 9.57 Å². The van der Waals surface area contributed by atoms with Gasteiger partial charge in [-0.25, -0.2) is 4.68 Å². The highest BCUT2D eigenvalue weighted by atomic mass is 35.5. The Morgan fingerprint density at radius 3 is 2.36 bits per heavy atom. The molecule has 0 atom stereocenters. The third-order valence-corrected chi connectivity index (χ3v) is 3.42. The van der Waals surface area contributed by atoms with Crippen LogP contribution in [0.5, 0.6) is 5.88 Å². The van der Waals surface area contributed by atoms with E-state index in [-0.39, 0.29) is 12.5 Å². The van der Waals surface area contributed by atoms with E-state index in [9.17, 15) is 13.2 Å². The molecule has 2 rings (SSSR count). The Morgan fingerprint density at radius 2 is 1.84 bits per heavy atom. The zero-order valence-electron chi connectivity index (χ0n) is 13.3. The minimum Gasteiger partial charge on any atom is -0.471 e. The topological polar surface area (TPSA) is 48.6 Å². The molecule has 0 amide bonds. The van der Waals surface area contributed by atoms with Crippen molar-refractivity contribution in [3.63, 3.8) is 0 Å². The van der Waals surface area contributed by atoms with Crippen LogP contribution in [0.2, 0.25) is 10.0 Å². The van der Waals surface area contributed by atoms with Crippen LogP contribution >= 0.6 is 23.2 Å². The molecule has 25 heavy (non-hydrogen) atoms. The molecule has 0 aliphatic rings. The lowest BCUT2D eigenvalue weighted by molar-refractivity contribution is -0.141. The summed E-state index contributed by atoms with van der Waals surface area (Å²) in [7, 11) is 1.35. The maximum Gasteiger partial charge on any atom is 0.435 e. The molecule has 0 aliphatic heterocycles. The second kappa shape index (κ2) is 7.97. The molecule has 0 spiro atoms. The van der Waals surface area contributed by atoms with E-state index in [4.69, 9.17) is 32.8 Å². The fourth-order valence-corrected chi connectivity index (χ4v) is 2.42. The smallest absolute Gasteiger partial charge is 0.435 e. The van der Waals surface area contributed by atoms with E-state index in [1.807, 2.05) is 0 Å². The van der Waals surface area contributed by atoms with Gasteiger partial charge >= 0.3 is 6.18 Å². The lowest BCUT2D eigenvalue weighted by Crippen LogP contribution is -2.15. The summed E-state index contributed by atoms with van der Waals surface area (Å²) in [5.41, 5.74) is -0.190. The van der Waals surface area contributed by atoms with Crippen molar-refractivity contribution >= 4 is 28.9 Å². The number of ether oxygens (including phenoxy) is 1. The first-order valence-electron chi connectivity index (χ1n) is 7.10. The average Bonchev–Trinajstić information content (AvgIpc) is 2.88. The van der Waals surface area contributed by atoms with Gasteiger partial charge in [-0.3, -0.25) is 0 Å². The molecular formula is C15H14Cl2F3N3O2. The number of oxime groups is 1. The fraction of sp³-hybridized carbons (Fsp3) is 0.333. The third-order valence-electron chi connectivity index (χ3n) is 2.98. The zero-order chi connectivity index (χ0) is 18.6. The molecule has 0 saturated carbocycles. The van der Waals surface area contributed by atoms with E-state index in [0.717, 1.165) is 10.7 Å². The molecule has 5 nitrogen and oxygen atoms in total. The summed E-state index contributed by atoms with van der Waals surface area (Å²) in [5, 5.41) is 8.06. The first-order chi connectivity index (χ1) is 11.7. The van der Waals surface area contributed by atoms with Crippen LogP contribution < -0.4 is 4.74 Å². The van der Waals surface area contributed by atoms with Crippen LogP contribution in [0.3, 0.4) is 0 Å². The summed E-state index contributed by atoms with van der Waals surface area (Å²) in [5.74, 6) is -0.0651. The van der Waals surface area contributed by atoms with Gasteiger partial charge in [-0.15, -0.1) is 0 Å². The Labute approximate surface area is 151 Å². The Kier molecular flexibility index (Phi) is 6.18. The molecule has 0 radical (unpaired) electrons. The largest absolute Gasteiger partial charge is 0.471 e. The Bertz CT molecular complexity index is 756. The molecule has 0 saturated heterocycles. The summed E-state index contributed by atoms with van der Waals surface area (Å²) in [4.78, 5) is 5.03. The SMILES string of the molecule is CCON=C(COc1cc(C(F)(F)F)nn1C)c1cc(Cl)cc(Cl)c1. The molecule has 0 aliphatic carbocycles. The van der Waals surface area contributed by atoms with Crippen molar-refractivity contribution in [1.29, 1.82) is 0 Å². The molecule has 0 N–H and O–H groups in total. The summed E-state index contributed by atoms with van der Waals surface area (Å²) >= 11 is 11.9. The number of aryl methyl sites for hydroxylation is 1. The van der Waals surface area contributed by atoms with Crippen LogP contribution in [0.25, 0.3) is 0 Å². The summed E-state index contributed by atoms with van der Waals surface area (Å²) < 4.78 is 44.5. The second-order valence-corrected chi connectivity index (χ2v) is 5.76. The Hall–Kier alpha value is -1.93. The van der Waals surface area contributed by atoms with Gasteiger partial charge in [0.15, 0.2) is 5.69 Å². The van der Waals surface area contributed by atoms with E-state index in [1.165, 1.54) is 7.05 Å². The molecule has 10 heteroatoms. The molecule has 0 bridgehead atoms. The summed E-state index contributed by atoms with van der Waals surface area (Å²) in [6.07, 6.45) is -4.55. The highest BCUT2D eigenvalue weighted by molar-refractivity contribution is 6.35. The van der Waals surface area contributed by atoms with Gasteiger partial charge in [0.1, 0.15) is 18.9 Å². The minimum atomic E-state index is -4.55. The number of rotatable bonds is 6. The highest BCUT2D eigenvalue weighted by Crippen LogP contribution is 2.30. The Balaban J connectivity index is 2.23. The molecule has 0 unspecified atom stereocenters. The summed E-state index contributed by atoms with van der Waals surface area (Å²) in [6, 6.07) is 5.55. The molecular weight excluding hydrogens is 382 g/mol. The van der Waals surface area contributed by atoms with Crippen molar-refractivity contribution in [3.8, 4) is 5.88 Å². The van der Waals surface area contributed by atoms with Gasteiger partial charge in [0.05, 0.1) is 0 Å². The van der Waals surface area contributed by atoms with E-state index >= 15 is 0 Å². The number of aromatic nitrogens is 2. The van der Waals surface area contributed by atoms with Gasteiger partial charge in [-0.05, 0) is 25.1 Å². The van der Waals surface area contributed by atoms with E-state index in [1.54, 1.807) is 25.1 Å². The zero-order valence-corrected chi connectivity index (χ0v) is 14.8. The minimum absolute atomic E-state index is 0.0651. The second-order valence-electron chi connectivity index (χ2n) is 4.89. The maximum atomic E-state index is 12.7. The molecule has 1 aromatic heterocycles. The van der Waals surface area contributed by atoms with Crippen molar-refractivity contribution in [2.45, 2.75) is 13.1 Å². The number of benzene rings is 1. The fourth-order valence-electron chi connectivity index (χ4n) is 1.89. The van der Waals surface area contributed by atoms with Crippen LogP contribution in [0, 0.1) is 0 Å². The molecule has 1 aromatic carbocycles. The van der Waals surface area contributed by atoms with Gasteiger partial charge in [0, 0.05) is 28.7 Å². The molecule has 2 aromatic rings. The van der Waals surface area contributed by atoms with Crippen LogP contribution in [-0.4, -0.2) is 28.7 Å². The summed E-state index contributed by atoms with van der Waals surface area (Å²) in [6.45, 7) is 1.89. The predicted octanol–water partition coefficient (Wildman–Crippen LogP) is 4.57. The van der Waals surface area contributed by atoms with Crippen LogP contribution in [0.15, 0.2) is 29.4 Å². The monoisotopic (exact) mass is 395 g/mol. The first kappa shape index (κ1) is 19.4. The molecule has 1 heterocycles. The number of nitrogens with zero attached hydrogens (tertiary/aromatic N) is 3. The molecule has 136 valence electrons. The lowest BCUT2D eigenvalue weighted by atomic mass is 10.1. The average molecular weight is 396 g/mol. The molecule has 0 fully saturated rings. The predicted molar refractivity (Wildman–Crippen MR) is 88.3 cm³/mol. The number of hydrogen-bond acceptors (Lipinski definition) is 4. The highest BCUT2D eigenvalue weighted by Gasteiger charge is 2.35. The quantitative estimate of drug-likeness (QED) is 0.531. The number of halogens is 5. The van der Waals surface area contributed by atoms with Crippen LogP contribution in [-0.2, 0) is 18.1 Å². The van der Waals surface area contributed by atoms with Crippen molar-refractivity contribution in [1.82, 2.24) is 9.78 Å². The van der Waals surface area contributed by atoms with Gasteiger partial charge in [0.25, 0.3) is 0 Å². The lowest BCUT2D eigenvalue weighted by Gasteiger charge is -2.10. The standard InChI is InChI=1S/C15H14Cl2F3N3O2/c1-3-25-22-12(9-4-10(16)6-11(17)5-9)8-24-14-7-13(15(18,19)20)21-23(14)2/h4-7H,3,8H2,1-2H3. The van der Waals surface area contributed by atoms with Gasteiger partial charge in [-0.1, -0.05) is 28.4 Å². The third kappa shape index (κ3) is 5.27. The van der Waals surface area contributed by atoms with E-state index in [0.29, 0.717) is 27.9 Å². The number of alkyl halides is 3. The van der Waals surface area contributed by atoms with E-state index < -0.39 is 11.9 Å². The Morgan fingerprint density at radius 1 is 1.20 bits per heavy atom. The maximum absolute atomic E-state index is 12.7.